The van der Waals surface area contributed by atoms with Crippen LogP contribution < -0.4 is 0 Å². The first-order valence-corrected chi connectivity index (χ1v) is 16.2. The zero-order valence-electron chi connectivity index (χ0n) is 24.6. The first kappa shape index (κ1) is 25.9. The van der Waals surface area contributed by atoms with E-state index in [9.17, 15) is 0 Å². The van der Waals surface area contributed by atoms with Gasteiger partial charge in [-0.2, -0.15) is 0 Å². The first-order chi connectivity index (χ1) is 22.3. The summed E-state index contributed by atoms with van der Waals surface area (Å²) in [6.45, 7) is 0. The van der Waals surface area contributed by atoms with Crippen molar-refractivity contribution < 1.29 is 0 Å². The molecule has 0 unspecified atom stereocenters. The third-order valence-electron chi connectivity index (χ3n) is 9.05. The summed E-state index contributed by atoms with van der Waals surface area (Å²) in [5, 5.41) is 8.93. The molecule has 0 amide bonds. The molecule has 9 aromatic rings. The van der Waals surface area contributed by atoms with Crippen LogP contribution in [0.3, 0.4) is 0 Å². The zero-order valence-corrected chi connectivity index (χ0v) is 25.4. The van der Waals surface area contributed by atoms with E-state index in [-0.39, 0.29) is 0 Å². The lowest BCUT2D eigenvalue weighted by Gasteiger charge is -2.18. The predicted molar refractivity (Wildman–Crippen MR) is 196 cm³/mol. The first-order valence-electron chi connectivity index (χ1n) is 15.4. The Labute approximate surface area is 266 Å². The fourth-order valence-corrected chi connectivity index (χ4v) is 7.97. The van der Waals surface area contributed by atoms with Crippen LogP contribution in [-0.2, 0) is 0 Å². The zero-order chi connectivity index (χ0) is 29.7. The molecule has 1 aromatic heterocycles. The quantitative estimate of drug-likeness (QED) is 0.179. The summed E-state index contributed by atoms with van der Waals surface area (Å²) in [4.78, 5) is 1.30. The number of rotatable bonds is 4. The molecule has 1 heterocycles. The number of fused-ring (bicyclic) bond motifs is 4. The lowest BCUT2D eigenvalue weighted by atomic mass is 9.85. The molecular weight excluding hydrogens is 561 g/mol. The van der Waals surface area contributed by atoms with E-state index >= 15 is 0 Å². The molecule has 0 aliphatic heterocycles. The minimum Gasteiger partial charge on any atom is -0.135 e. The predicted octanol–water partition coefficient (Wildman–Crippen LogP) is 13.0. The molecular formula is C44H28S. The molecule has 0 nitrogen and oxygen atoms in total. The Hall–Kier alpha value is -5.50. The summed E-state index contributed by atoms with van der Waals surface area (Å²) >= 11 is 1.86. The highest BCUT2D eigenvalue weighted by Crippen LogP contribution is 2.45. The van der Waals surface area contributed by atoms with E-state index < -0.39 is 0 Å². The van der Waals surface area contributed by atoms with Crippen LogP contribution in [0.5, 0.6) is 0 Å². The molecule has 0 aliphatic carbocycles. The standard InChI is InChI=1S/C44H28S/c1-2-11-32-26-34(25-20-29(32)10-1)33-13-9-14-36(27-33)44-39-17-6-4-15-37(39)43(38-16-5-7-18-40(38)44)31-23-21-30(22-24-31)42-28-35-12-3-8-19-41(35)45-42/h1-28H. The normalized spacial score (nSPS) is 11.6. The van der Waals surface area contributed by atoms with Gasteiger partial charge in [0.2, 0.25) is 0 Å². The number of benzene rings is 8. The molecule has 0 N–H and O–H groups in total. The summed E-state index contributed by atoms with van der Waals surface area (Å²) in [7, 11) is 0. The Kier molecular flexibility index (Phi) is 6.11. The summed E-state index contributed by atoms with van der Waals surface area (Å²) in [5.74, 6) is 0. The van der Waals surface area contributed by atoms with Crippen molar-refractivity contribution in [2.75, 3.05) is 0 Å². The van der Waals surface area contributed by atoms with Crippen molar-refractivity contribution in [2.24, 2.45) is 0 Å². The van der Waals surface area contributed by atoms with E-state index in [1.54, 1.807) is 0 Å². The third-order valence-corrected chi connectivity index (χ3v) is 10.2. The van der Waals surface area contributed by atoms with Crippen LogP contribution in [0.2, 0.25) is 0 Å². The van der Waals surface area contributed by atoms with E-state index in [2.05, 4.69) is 170 Å². The van der Waals surface area contributed by atoms with Crippen LogP contribution in [0.4, 0.5) is 0 Å². The van der Waals surface area contributed by atoms with Gasteiger partial charge in [-0.25, -0.2) is 0 Å². The highest BCUT2D eigenvalue weighted by atomic mass is 32.1. The molecule has 0 aliphatic rings. The molecule has 0 radical (unpaired) electrons. The average molecular weight is 589 g/mol. The summed E-state index contributed by atoms with van der Waals surface area (Å²) in [6.07, 6.45) is 0. The molecule has 0 fully saturated rings. The van der Waals surface area contributed by atoms with Crippen molar-refractivity contribution >= 4 is 53.7 Å². The van der Waals surface area contributed by atoms with E-state index in [4.69, 9.17) is 0 Å². The smallest absolute Gasteiger partial charge is 0.0355 e. The third kappa shape index (κ3) is 4.44. The SMILES string of the molecule is c1cc(-c2ccc3ccccc3c2)cc(-c2c3ccccc3c(-c3ccc(-c4cc5ccccc5s4)cc3)c3ccccc23)c1. The largest absolute Gasteiger partial charge is 0.135 e. The molecule has 0 saturated heterocycles. The maximum Gasteiger partial charge on any atom is 0.0355 e. The van der Waals surface area contributed by atoms with Gasteiger partial charge in [0.25, 0.3) is 0 Å². The van der Waals surface area contributed by atoms with E-state index in [0.717, 1.165) is 0 Å². The molecule has 0 bridgehead atoms. The van der Waals surface area contributed by atoms with Crippen molar-refractivity contribution in [3.8, 4) is 43.8 Å². The molecule has 0 spiro atoms. The van der Waals surface area contributed by atoms with Gasteiger partial charge < -0.3 is 0 Å². The van der Waals surface area contributed by atoms with Crippen molar-refractivity contribution in [2.45, 2.75) is 0 Å². The minimum atomic E-state index is 1.23. The summed E-state index contributed by atoms with van der Waals surface area (Å²) in [5.41, 5.74) is 8.78. The van der Waals surface area contributed by atoms with Gasteiger partial charge in [0, 0.05) is 9.58 Å². The van der Waals surface area contributed by atoms with Crippen molar-refractivity contribution in [1.82, 2.24) is 0 Å². The van der Waals surface area contributed by atoms with Gasteiger partial charge in [-0.15, -0.1) is 11.3 Å². The topological polar surface area (TPSA) is 0 Å². The number of hydrogen-bond donors (Lipinski definition) is 0. The second kappa shape index (κ2) is 10.6. The van der Waals surface area contributed by atoms with Crippen molar-refractivity contribution in [3.05, 3.63) is 170 Å². The van der Waals surface area contributed by atoms with Gasteiger partial charge in [0.15, 0.2) is 0 Å². The maximum atomic E-state index is 2.36. The number of hydrogen-bond acceptors (Lipinski definition) is 1. The lowest BCUT2D eigenvalue weighted by molar-refractivity contribution is 1.62. The molecule has 0 saturated carbocycles. The lowest BCUT2D eigenvalue weighted by Crippen LogP contribution is -1.91. The van der Waals surface area contributed by atoms with Crippen molar-refractivity contribution in [3.63, 3.8) is 0 Å². The highest BCUT2D eigenvalue weighted by Gasteiger charge is 2.17. The second-order valence-electron chi connectivity index (χ2n) is 11.7. The van der Waals surface area contributed by atoms with Gasteiger partial charge in [-0.3, -0.25) is 0 Å². The molecule has 210 valence electrons. The van der Waals surface area contributed by atoms with Gasteiger partial charge in [-0.1, -0.05) is 146 Å². The maximum absolute atomic E-state index is 2.36. The minimum absolute atomic E-state index is 1.23. The second-order valence-corrected chi connectivity index (χ2v) is 12.8. The molecule has 0 atom stereocenters. The summed E-state index contributed by atoms with van der Waals surface area (Å²) in [6, 6.07) is 62.3. The van der Waals surface area contributed by atoms with Crippen LogP contribution in [-0.4, -0.2) is 0 Å². The average Bonchev–Trinajstić information content (AvgIpc) is 3.55. The molecule has 8 aromatic carbocycles. The fraction of sp³-hybridized carbons (Fsp3) is 0. The highest BCUT2D eigenvalue weighted by molar-refractivity contribution is 7.22. The Morgan fingerprint density at radius 2 is 0.800 bits per heavy atom. The molecule has 1 heteroatoms. The van der Waals surface area contributed by atoms with Crippen LogP contribution in [0, 0.1) is 0 Å². The van der Waals surface area contributed by atoms with Crippen LogP contribution >= 0.6 is 11.3 Å². The fourth-order valence-electron chi connectivity index (χ4n) is 6.90. The van der Waals surface area contributed by atoms with E-state index in [0.29, 0.717) is 0 Å². The van der Waals surface area contributed by atoms with E-state index in [1.165, 1.54) is 86.2 Å². The van der Waals surface area contributed by atoms with Gasteiger partial charge in [-0.05, 0) is 101 Å². The Bertz CT molecular complexity index is 2440. The van der Waals surface area contributed by atoms with Gasteiger partial charge in [0.1, 0.15) is 0 Å². The van der Waals surface area contributed by atoms with E-state index in [1.807, 2.05) is 11.3 Å². The van der Waals surface area contributed by atoms with Crippen LogP contribution in [0.15, 0.2) is 170 Å². The number of thiophene rings is 1. The van der Waals surface area contributed by atoms with Gasteiger partial charge >= 0.3 is 0 Å². The van der Waals surface area contributed by atoms with Gasteiger partial charge in [0.05, 0.1) is 0 Å². The Balaban J connectivity index is 1.21. The molecule has 9 rings (SSSR count). The molecule has 45 heavy (non-hydrogen) atoms. The Morgan fingerprint density at radius 1 is 0.289 bits per heavy atom. The summed E-state index contributed by atoms with van der Waals surface area (Å²) < 4.78 is 1.33. The van der Waals surface area contributed by atoms with Crippen LogP contribution in [0.25, 0.3) is 86.2 Å². The van der Waals surface area contributed by atoms with Crippen LogP contribution in [0.1, 0.15) is 0 Å². The monoisotopic (exact) mass is 588 g/mol. The Morgan fingerprint density at radius 3 is 1.49 bits per heavy atom. The van der Waals surface area contributed by atoms with Crippen molar-refractivity contribution in [1.29, 1.82) is 0 Å².